The van der Waals surface area contributed by atoms with E-state index in [0.29, 0.717) is 29.0 Å². The highest BCUT2D eigenvalue weighted by molar-refractivity contribution is 6.34. The minimum atomic E-state index is -0.0891. The van der Waals surface area contributed by atoms with Gasteiger partial charge in [-0.25, -0.2) is 9.50 Å². The van der Waals surface area contributed by atoms with Crippen LogP contribution in [0.4, 0.5) is 5.82 Å². The van der Waals surface area contributed by atoms with Crippen LogP contribution in [-0.2, 0) is 0 Å². The number of amides is 1. The maximum atomic E-state index is 12.9. The summed E-state index contributed by atoms with van der Waals surface area (Å²) in [5.74, 6) is 2.44. The lowest BCUT2D eigenvalue weighted by molar-refractivity contribution is 0.0946. The zero-order valence-corrected chi connectivity index (χ0v) is 21.7. The molecule has 1 aliphatic carbocycles. The summed E-state index contributed by atoms with van der Waals surface area (Å²) >= 11 is 6.29. The highest BCUT2D eigenvalue weighted by Crippen LogP contribution is 2.47. The number of nitrogens with one attached hydrogen (secondary N) is 2. The lowest BCUT2D eigenvalue weighted by Crippen LogP contribution is -2.35. The van der Waals surface area contributed by atoms with Crippen LogP contribution in [0.3, 0.4) is 0 Å². The van der Waals surface area contributed by atoms with Crippen LogP contribution < -0.4 is 15.0 Å². The quantitative estimate of drug-likeness (QED) is 0.337. The van der Waals surface area contributed by atoms with E-state index in [-0.39, 0.29) is 11.9 Å². The molecule has 2 fully saturated rings. The van der Waals surface area contributed by atoms with Crippen molar-refractivity contribution in [1.82, 2.24) is 30.1 Å². The Bertz CT molecular complexity index is 1660. The number of aryl methyl sites for hydroxylation is 1. The molecule has 1 amide bonds. The zero-order valence-electron chi connectivity index (χ0n) is 21.0. The van der Waals surface area contributed by atoms with Crippen molar-refractivity contribution in [3.05, 3.63) is 71.1 Å². The molecule has 192 valence electrons. The molecular weight excluding hydrogens is 502 g/mol. The van der Waals surface area contributed by atoms with Crippen molar-refractivity contribution < 1.29 is 9.53 Å². The fourth-order valence-electron chi connectivity index (χ4n) is 5.81. The molecule has 5 aromatic rings. The molecule has 0 radical (unpaired) electrons. The number of carbonyl (C=O) groups excluding carboxylic acids is 1. The molecule has 1 unspecified atom stereocenters. The van der Waals surface area contributed by atoms with Crippen molar-refractivity contribution in [3.63, 3.8) is 0 Å². The first-order chi connectivity index (χ1) is 18.5. The highest BCUT2D eigenvalue weighted by atomic mass is 35.5. The molecule has 38 heavy (non-hydrogen) atoms. The number of anilines is 1. The topological polar surface area (TPSA) is 100 Å². The molecule has 1 saturated heterocycles. The van der Waals surface area contributed by atoms with Gasteiger partial charge in [0.25, 0.3) is 5.91 Å². The largest absolute Gasteiger partial charge is 0.492 e. The number of H-pyrrole nitrogens is 1. The SMILES string of the molecule is CCOc1cc(-c2ccc(N3CC4[C@H](C3)[C@H]4NC(=O)c3c(C)cccc3Cl)nc2)c2c3cn[nH]c3nn2c1. The Balaban J connectivity index is 1.08. The van der Waals surface area contributed by atoms with Gasteiger partial charge < -0.3 is 15.0 Å². The molecule has 5 heterocycles. The molecule has 1 aromatic carbocycles. The highest BCUT2D eigenvalue weighted by Gasteiger charge is 2.56. The van der Waals surface area contributed by atoms with Crippen LogP contribution in [0.5, 0.6) is 5.75 Å². The fraction of sp³-hybridized carbons (Fsp3) is 0.286. The van der Waals surface area contributed by atoms with Crippen LogP contribution >= 0.6 is 11.6 Å². The van der Waals surface area contributed by atoms with E-state index < -0.39 is 0 Å². The average Bonchev–Trinajstić information content (AvgIpc) is 3.31. The van der Waals surface area contributed by atoms with Crippen molar-refractivity contribution in [2.24, 2.45) is 11.8 Å². The predicted octanol–water partition coefficient (Wildman–Crippen LogP) is 4.50. The number of fused-ring (bicyclic) bond motifs is 4. The van der Waals surface area contributed by atoms with Crippen molar-refractivity contribution in [3.8, 4) is 16.9 Å². The van der Waals surface area contributed by atoms with Gasteiger partial charge in [-0.05, 0) is 43.7 Å². The molecule has 1 aliphatic heterocycles. The monoisotopic (exact) mass is 527 g/mol. The molecule has 9 nitrogen and oxygen atoms in total. The van der Waals surface area contributed by atoms with Crippen molar-refractivity contribution in [1.29, 1.82) is 0 Å². The van der Waals surface area contributed by atoms with Gasteiger partial charge in [0.05, 0.1) is 40.5 Å². The number of aromatic nitrogens is 5. The number of nitrogens with zero attached hydrogens (tertiary/aromatic N) is 5. The summed E-state index contributed by atoms with van der Waals surface area (Å²) in [4.78, 5) is 20.0. The first-order valence-electron chi connectivity index (χ1n) is 12.8. The summed E-state index contributed by atoms with van der Waals surface area (Å²) in [6.07, 6.45) is 5.58. The number of hydrogen-bond donors (Lipinski definition) is 2. The number of ether oxygens (including phenoxy) is 1. The molecule has 10 heteroatoms. The number of benzene rings is 1. The Hall–Kier alpha value is -4.11. The van der Waals surface area contributed by atoms with Crippen molar-refractivity contribution >= 4 is 39.9 Å². The summed E-state index contributed by atoms with van der Waals surface area (Å²) in [7, 11) is 0. The first-order valence-corrected chi connectivity index (χ1v) is 13.1. The number of rotatable bonds is 6. The Morgan fingerprint density at radius 2 is 2.05 bits per heavy atom. The van der Waals surface area contributed by atoms with E-state index in [1.54, 1.807) is 12.3 Å². The summed E-state index contributed by atoms with van der Waals surface area (Å²) in [5, 5.41) is 16.3. The van der Waals surface area contributed by atoms with E-state index in [1.165, 1.54) is 0 Å². The molecule has 7 rings (SSSR count). The third-order valence-electron chi connectivity index (χ3n) is 7.74. The van der Waals surface area contributed by atoms with Gasteiger partial charge in [-0.2, -0.15) is 5.10 Å². The van der Waals surface area contributed by atoms with E-state index in [0.717, 1.165) is 57.9 Å². The second-order valence-electron chi connectivity index (χ2n) is 10.0. The van der Waals surface area contributed by atoms with Crippen molar-refractivity contribution in [2.75, 3.05) is 24.6 Å². The van der Waals surface area contributed by atoms with E-state index in [2.05, 4.69) is 37.6 Å². The molecule has 2 aliphatic rings. The maximum absolute atomic E-state index is 12.9. The summed E-state index contributed by atoms with van der Waals surface area (Å²) in [5.41, 5.74) is 5.12. The fourth-order valence-corrected chi connectivity index (χ4v) is 6.12. The summed E-state index contributed by atoms with van der Waals surface area (Å²) in [6, 6.07) is 11.9. The van der Waals surface area contributed by atoms with Gasteiger partial charge in [0.15, 0.2) is 5.65 Å². The maximum Gasteiger partial charge on any atom is 0.253 e. The number of aromatic amines is 1. The normalized spacial score (nSPS) is 20.2. The van der Waals surface area contributed by atoms with E-state index >= 15 is 0 Å². The van der Waals surface area contributed by atoms with Gasteiger partial charge in [-0.3, -0.25) is 9.89 Å². The lowest BCUT2D eigenvalue weighted by atomic mass is 10.1. The number of piperidine rings is 1. The van der Waals surface area contributed by atoms with Crippen LogP contribution in [0, 0.1) is 18.8 Å². The Labute approximate surface area is 223 Å². The smallest absolute Gasteiger partial charge is 0.253 e. The number of pyridine rings is 2. The van der Waals surface area contributed by atoms with Crippen LogP contribution in [0.1, 0.15) is 22.8 Å². The number of halogens is 1. The molecular formula is C28H26ClN7O2. The van der Waals surface area contributed by atoms with Crippen LogP contribution in [0.15, 0.2) is 55.0 Å². The Morgan fingerprint density at radius 3 is 2.79 bits per heavy atom. The van der Waals surface area contributed by atoms with Crippen LogP contribution in [0.2, 0.25) is 5.02 Å². The zero-order chi connectivity index (χ0) is 26.0. The van der Waals surface area contributed by atoms with Gasteiger partial charge >= 0.3 is 0 Å². The summed E-state index contributed by atoms with van der Waals surface area (Å²) in [6.45, 7) is 6.18. The second kappa shape index (κ2) is 8.73. The standard InChI is InChI=1S/C28H26ClN7O2/c1-3-38-17-9-18(26-19-11-31-33-27(19)34-36(26)12-17)16-7-8-23(30-10-16)35-13-20-21(14-35)25(20)32-28(37)24-15(2)5-4-6-22(24)29/h4-12,20-21,25H,3,13-14H2,1-2H3,(H,32,37)(H,33,34)/t20-,21?,25+/m0/s1. The average molecular weight is 528 g/mol. The van der Waals surface area contributed by atoms with E-state index in [1.807, 2.05) is 49.0 Å². The van der Waals surface area contributed by atoms with Gasteiger partial charge in [0.2, 0.25) is 0 Å². The second-order valence-corrected chi connectivity index (χ2v) is 10.4. The minimum Gasteiger partial charge on any atom is -0.492 e. The van der Waals surface area contributed by atoms with Crippen molar-refractivity contribution in [2.45, 2.75) is 19.9 Å². The molecule has 0 bridgehead atoms. The third-order valence-corrected chi connectivity index (χ3v) is 8.05. The van der Waals surface area contributed by atoms with E-state index in [4.69, 9.17) is 21.3 Å². The third kappa shape index (κ3) is 3.68. The van der Waals surface area contributed by atoms with Crippen LogP contribution in [0.25, 0.3) is 27.7 Å². The van der Waals surface area contributed by atoms with Gasteiger partial charge in [-0.1, -0.05) is 23.7 Å². The molecule has 4 aromatic heterocycles. The number of hydrogen-bond acceptors (Lipinski definition) is 6. The summed E-state index contributed by atoms with van der Waals surface area (Å²) < 4.78 is 7.63. The molecule has 0 spiro atoms. The minimum absolute atomic E-state index is 0.0891. The molecule has 1 saturated carbocycles. The Morgan fingerprint density at radius 1 is 1.21 bits per heavy atom. The van der Waals surface area contributed by atoms with Gasteiger partial charge in [0, 0.05) is 48.3 Å². The van der Waals surface area contributed by atoms with Gasteiger partial charge in [0.1, 0.15) is 11.6 Å². The Kier molecular flexibility index (Phi) is 5.29. The van der Waals surface area contributed by atoms with Crippen LogP contribution in [-0.4, -0.2) is 56.4 Å². The predicted molar refractivity (Wildman–Crippen MR) is 146 cm³/mol. The van der Waals surface area contributed by atoms with Gasteiger partial charge in [-0.15, -0.1) is 5.10 Å². The van der Waals surface area contributed by atoms with E-state index in [9.17, 15) is 4.79 Å². The first kappa shape index (κ1) is 23.0. The molecule has 3 atom stereocenters. The number of carbonyl (C=O) groups is 1. The molecule has 2 N–H and O–H groups in total. The lowest BCUT2D eigenvalue weighted by Gasteiger charge is -2.21.